The lowest BCUT2D eigenvalue weighted by Gasteiger charge is -2.09. The largest absolute Gasteiger partial charge is 0.396 e. The normalized spacial score (nSPS) is 10.1. The molecule has 0 bridgehead atoms. The van der Waals surface area contributed by atoms with Gasteiger partial charge in [0, 0.05) is 15.5 Å². The molecule has 0 aliphatic rings. The summed E-state index contributed by atoms with van der Waals surface area (Å²) in [7, 11) is 0. The average molecular weight is 325 g/mol. The number of hydrogen-bond acceptors (Lipinski definition) is 3. The smallest absolute Gasteiger partial charge is 0.153 e. The standard InChI is InChI=1S/C12H12IN3/c1-8-6-7-15-12(11(8)14)16-10-4-2-9(13)3-5-10/h2-7H,14H2,1H3,(H,15,16). The van der Waals surface area contributed by atoms with E-state index in [0.29, 0.717) is 11.5 Å². The first-order valence-electron chi connectivity index (χ1n) is 4.90. The highest BCUT2D eigenvalue weighted by Crippen LogP contribution is 2.23. The Kier molecular flexibility index (Phi) is 3.28. The van der Waals surface area contributed by atoms with Gasteiger partial charge in [-0.25, -0.2) is 4.98 Å². The third kappa shape index (κ3) is 2.44. The van der Waals surface area contributed by atoms with E-state index in [1.54, 1.807) is 6.20 Å². The number of nitrogens with zero attached hydrogens (tertiary/aromatic N) is 1. The molecule has 1 heterocycles. The van der Waals surface area contributed by atoms with Crippen LogP contribution in [0.25, 0.3) is 0 Å². The van der Waals surface area contributed by atoms with Crippen molar-refractivity contribution in [2.75, 3.05) is 11.1 Å². The zero-order valence-electron chi connectivity index (χ0n) is 8.87. The molecule has 0 aliphatic carbocycles. The maximum absolute atomic E-state index is 5.93. The summed E-state index contributed by atoms with van der Waals surface area (Å²) >= 11 is 2.27. The molecule has 0 saturated carbocycles. The molecular formula is C12H12IN3. The minimum Gasteiger partial charge on any atom is -0.396 e. The van der Waals surface area contributed by atoms with Crippen LogP contribution in [0.1, 0.15) is 5.56 Å². The van der Waals surface area contributed by atoms with Crippen molar-refractivity contribution >= 4 is 39.8 Å². The van der Waals surface area contributed by atoms with Crippen molar-refractivity contribution in [3.8, 4) is 0 Å². The number of pyridine rings is 1. The van der Waals surface area contributed by atoms with Crippen LogP contribution in [0.3, 0.4) is 0 Å². The number of nitrogens with one attached hydrogen (secondary N) is 1. The molecule has 0 radical (unpaired) electrons. The molecule has 0 atom stereocenters. The summed E-state index contributed by atoms with van der Waals surface area (Å²) in [5.74, 6) is 0.709. The lowest BCUT2D eigenvalue weighted by molar-refractivity contribution is 1.28. The summed E-state index contributed by atoms with van der Waals surface area (Å²) < 4.78 is 1.20. The summed E-state index contributed by atoms with van der Waals surface area (Å²) in [6, 6.07) is 9.98. The Balaban J connectivity index is 2.27. The van der Waals surface area contributed by atoms with Crippen molar-refractivity contribution in [1.29, 1.82) is 0 Å². The van der Waals surface area contributed by atoms with E-state index in [-0.39, 0.29) is 0 Å². The van der Waals surface area contributed by atoms with Crippen LogP contribution in [-0.4, -0.2) is 4.98 Å². The fourth-order valence-corrected chi connectivity index (χ4v) is 1.70. The second-order valence-electron chi connectivity index (χ2n) is 3.52. The van der Waals surface area contributed by atoms with Gasteiger partial charge >= 0.3 is 0 Å². The molecule has 0 amide bonds. The average Bonchev–Trinajstić information content (AvgIpc) is 2.28. The highest BCUT2D eigenvalue weighted by molar-refractivity contribution is 14.1. The van der Waals surface area contributed by atoms with Gasteiger partial charge in [-0.2, -0.15) is 0 Å². The SMILES string of the molecule is Cc1ccnc(Nc2ccc(I)cc2)c1N. The minimum atomic E-state index is 0.695. The van der Waals surface area contributed by atoms with Crippen molar-refractivity contribution < 1.29 is 0 Å². The third-order valence-electron chi connectivity index (χ3n) is 2.32. The molecule has 3 nitrogen and oxygen atoms in total. The molecule has 2 aromatic rings. The predicted octanol–water partition coefficient (Wildman–Crippen LogP) is 3.32. The molecule has 0 fully saturated rings. The quantitative estimate of drug-likeness (QED) is 0.833. The molecular weight excluding hydrogens is 313 g/mol. The Bertz CT molecular complexity index is 494. The number of hydrogen-bond donors (Lipinski definition) is 2. The van der Waals surface area contributed by atoms with Gasteiger partial charge in [-0.3, -0.25) is 0 Å². The third-order valence-corrected chi connectivity index (χ3v) is 3.03. The maximum atomic E-state index is 5.93. The monoisotopic (exact) mass is 325 g/mol. The van der Waals surface area contributed by atoms with Crippen molar-refractivity contribution in [3.05, 3.63) is 45.7 Å². The summed E-state index contributed by atoms with van der Waals surface area (Å²) in [5, 5.41) is 3.20. The van der Waals surface area contributed by atoms with Crippen LogP contribution in [0.5, 0.6) is 0 Å². The topological polar surface area (TPSA) is 50.9 Å². The van der Waals surface area contributed by atoms with Gasteiger partial charge in [0.25, 0.3) is 0 Å². The number of nitrogens with two attached hydrogens (primary N) is 1. The van der Waals surface area contributed by atoms with Gasteiger partial charge in [0.05, 0.1) is 5.69 Å². The molecule has 16 heavy (non-hydrogen) atoms. The van der Waals surface area contributed by atoms with E-state index >= 15 is 0 Å². The van der Waals surface area contributed by atoms with Gasteiger partial charge in [-0.05, 0) is 65.4 Å². The molecule has 0 spiro atoms. The zero-order valence-corrected chi connectivity index (χ0v) is 11.0. The van der Waals surface area contributed by atoms with Crippen LogP contribution >= 0.6 is 22.6 Å². The van der Waals surface area contributed by atoms with Gasteiger partial charge in [-0.1, -0.05) is 0 Å². The zero-order chi connectivity index (χ0) is 11.5. The van der Waals surface area contributed by atoms with Crippen LogP contribution in [0.15, 0.2) is 36.5 Å². The number of anilines is 3. The Morgan fingerprint density at radius 1 is 1.19 bits per heavy atom. The fraction of sp³-hybridized carbons (Fsp3) is 0.0833. The minimum absolute atomic E-state index is 0.695. The molecule has 4 heteroatoms. The highest BCUT2D eigenvalue weighted by Gasteiger charge is 2.02. The van der Waals surface area contributed by atoms with Crippen LogP contribution in [0, 0.1) is 10.5 Å². The maximum Gasteiger partial charge on any atom is 0.153 e. The first kappa shape index (κ1) is 11.2. The molecule has 3 N–H and O–H groups in total. The van der Waals surface area contributed by atoms with Gasteiger partial charge < -0.3 is 11.1 Å². The molecule has 1 aromatic heterocycles. The fourth-order valence-electron chi connectivity index (χ4n) is 1.34. The second-order valence-corrected chi connectivity index (χ2v) is 4.77. The molecule has 1 aromatic carbocycles. The number of aryl methyl sites for hydroxylation is 1. The number of nitrogen functional groups attached to an aromatic ring is 1. The highest BCUT2D eigenvalue weighted by atomic mass is 127. The van der Waals surface area contributed by atoms with Crippen LogP contribution in [-0.2, 0) is 0 Å². The van der Waals surface area contributed by atoms with Crippen molar-refractivity contribution in [1.82, 2.24) is 4.98 Å². The van der Waals surface area contributed by atoms with Crippen LogP contribution in [0.4, 0.5) is 17.2 Å². The summed E-state index contributed by atoms with van der Waals surface area (Å²) in [5.41, 5.74) is 8.65. The molecule has 0 saturated heterocycles. The van der Waals surface area contributed by atoms with Crippen LogP contribution < -0.4 is 11.1 Å². The van der Waals surface area contributed by atoms with E-state index in [0.717, 1.165) is 11.3 Å². The number of rotatable bonds is 2. The van der Waals surface area contributed by atoms with E-state index < -0.39 is 0 Å². The molecule has 82 valence electrons. The van der Waals surface area contributed by atoms with Crippen molar-refractivity contribution in [2.45, 2.75) is 6.92 Å². The van der Waals surface area contributed by atoms with Gasteiger partial charge in [0.2, 0.25) is 0 Å². The van der Waals surface area contributed by atoms with Crippen molar-refractivity contribution in [3.63, 3.8) is 0 Å². The Labute approximate surface area is 108 Å². The lowest BCUT2D eigenvalue weighted by atomic mass is 10.2. The second kappa shape index (κ2) is 4.69. The Morgan fingerprint density at radius 2 is 1.88 bits per heavy atom. The number of benzene rings is 1. The van der Waals surface area contributed by atoms with Gasteiger partial charge in [0.15, 0.2) is 5.82 Å². The first-order chi connectivity index (χ1) is 7.66. The Morgan fingerprint density at radius 3 is 2.56 bits per heavy atom. The molecule has 0 aliphatic heterocycles. The summed E-state index contributed by atoms with van der Waals surface area (Å²) in [4.78, 5) is 4.22. The lowest BCUT2D eigenvalue weighted by Crippen LogP contribution is -2.00. The molecule has 2 rings (SSSR count). The van der Waals surface area contributed by atoms with E-state index in [4.69, 9.17) is 5.73 Å². The number of aromatic nitrogens is 1. The van der Waals surface area contributed by atoms with Gasteiger partial charge in [-0.15, -0.1) is 0 Å². The molecule has 0 unspecified atom stereocenters. The summed E-state index contributed by atoms with van der Waals surface area (Å²) in [6.45, 7) is 1.97. The van der Waals surface area contributed by atoms with E-state index in [9.17, 15) is 0 Å². The van der Waals surface area contributed by atoms with Crippen molar-refractivity contribution in [2.24, 2.45) is 0 Å². The van der Waals surface area contributed by atoms with E-state index in [1.807, 2.05) is 37.3 Å². The van der Waals surface area contributed by atoms with Crippen LogP contribution in [0.2, 0.25) is 0 Å². The summed E-state index contributed by atoms with van der Waals surface area (Å²) in [6.07, 6.45) is 1.75. The first-order valence-corrected chi connectivity index (χ1v) is 5.98. The predicted molar refractivity (Wildman–Crippen MR) is 75.8 cm³/mol. The number of halogens is 1. The van der Waals surface area contributed by atoms with E-state index in [1.165, 1.54) is 3.57 Å². The Hall–Kier alpha value is -1.30. The van der Waals surface area contributed by atoms with E-state index in [2.05, 4.69) is 32.9 Å². The van der Waals surface area contributed by atoms with Gasteiger partial charge in [0.1, 0.15) is 0 Å².